The number of carbonyl (C=O) groups is 1. The lowest BCUT2D eigenvalue weighted by molar-refractivity contribution is 0.0982. The zero-order chi connectivity index (χ0) is 23.1. The van der Waals surface area contributed by atoms with E-state index in [1.807, 2.05) is 6.07 Å². The second kappa shape index (κ2) is 9.00. The Kier molecular flexibility index (Phi) is 6.07. The molecule has 1 amide bonds. The van der Waals surface area contributed by atoms with Crippen LogP contribution in [0.25, 0.3) is 32.6 Å². The molecule has 6 nitrogen and oxygen atoms in total. The van der Waals surface area contributed by atoms with Crippen molar-refractivity contribution < 1.29 is 9.21 Å². The molecular formula is C22H11BrCl2N4O2S2. The van der Waals surface area contributed by atoms with Crippen molar-refractivity contribution in [2.45, 2.75) is 0 Å². The molecule has 0 bridgehead atoms. The first-order chi connectivity index (χ1) is 15.9. The molecule has 33 heavy (non-hydrogen) atoms. The molecule has 3 heterocycles. The molecule has 0 radical (unpaired) electrons. The molecule has 0 unspecified atom stereocenters. The van der Waals surface area contributed by atoms with Gasteiger partial charge in [0.25, 0.3) is 5.91 Å². The molecule has 11 heteroatoms. The standard InChI is InChI=1S/C22H11BrCl2N4O2S2/c23-11-5-10(8-26-9-11)21-28-15-7-13(2-4-16(15)31-21)27-22(32)29-20(30)19-18(25)14-3-1-12(24)6-17(14)33-19/h1-9H,(H2,27,29,30,32). The van der Waals surface area contributed by atoms with Crippen molar-refractivity contribution >= 4 is 101 Å². The molecule has 2 N–H and O–H groups in total. The molecule has 2 aromatic carbocycles. The molecule has 0 saturated heterocycles. The lowest BCUT2D eigenvalue weighted by Gasteiger charge is -2.08. The minimum Gasteiger partial charge on any atom is -0.436 e. The number of pyridine rings is 1. The summed E-state index contributed by atoms with van der Waals surface area (Å²) in [6.07, 6.45) is 3.36. The number of nitrogens with zero attached hydrogens (tertiary/aromatic N) is 2. The third-order valence-electron chi connectivity index (χ3n) is 4.62. The normalized spacial score (nSPS) is 11.1. The van der Waals surface area contributed by atoms with Crippen molar-refractivity contribution in [2.75, 3.05) is 5.32 Å². The zero-order valence-corrected chi connectivity index (χ0v) is 21.1. The summed E-state index contributed by atoms with van der Waals surface area (Å²) in [6.45, 7) is 0. The molecule has 0 aliphatic rings. The number of oxazole rings is 1. The molecule has 0 atom stereocenters. The maximum absolute atomic E-state index is 12.7. The van der Waals surface area contributed by atoms with Crippen LogP contribution in [-0.2, 0) is 0 Å². The van der Waals surface area contributed by atoms with Crippen LogP contribution >= 0.6 is 62.7 Å². The number of hydrogen-bond donors (Lipinski definition) is 2. The van der Waals surface area contributed by atoms with Crippen LogP contribution in [0.1, 0.15) is 9.67 Å². The summed E-state index contributed by atoms with van der Waals surface area (Å²) >= 11 is 22.4. The first-order valence-electron chi connectivity index (χ1n) is 9.39. The molecule has 0 spiro atoms. The van der Waals surface area contributed by atoms with Crippen LogP contribution in [0.15, 0.2) is 63.7 Å². The highest BCUT2D eigenvalue weighted by molar-refractivity contribution is 9.10. The van der Waals surface area contributed by atoms with Crippen molar-refractivity contribution in [3.05, 3.63) is 74.3 Å². The lowest BCUT2D eigenvalue weighted by atomic mass is 10.2. The number of amides is 1. The van der Waals surface area contributed by atoms with E-state index in [2.05, 4.69) is 36.5 Å². The fourth-order valence-electron chi connectivity index (χ4n) is 3.16. The van der Waals surface area contributed by atoms with Crippen LogP contribution in [0, 0.1) is 0 Å². The maximum Gasteiger partial charge on any atom is 0.269 e. The number of fused-ring (bicyclic) bond motifs is 2. The summed E-state index contributed by atoms with van der Waals surface area (Å²) in [5.41, 5.74) is 2.64. The van der Waals surface area contributed by atoms with Crippen molar-refractivity contribution in [3.63, 3.8) is 0 Å². The van der Waals surface area contributed by atoms with Gasteiger partial charge in [-0.1, -0.05) is 29.3 Å². The predicted molar refractivity (Wildman–Crippen MR) is 140 cm³/mol. The van der Waals surface area contributed by atoms with Gasteiger partial charge >= 0.3 is 0 Å². The monoisotopic (exact) mass is 576 g/mol. The molecule has 5 rings (SSSR count). The van der Waals surface area contributed by atoms with Gasteiger partial charge in [0.1, 0.15) is 10.4 Å². The summed E-state index contributed by atoms with van der Waals surface area (Å²) in [7, 11) is 0. The van der Waals surface area contributed by atoms with Gasteiger partial charge in [0.2, 0.25) is 5.89 Å². The SMILES string of the molecule is O=C(NC(=S)Nc1ccc2oc(-c3cncc(Br)c3)nc2c1)c1sc2cc(Cl)ccc2c1Cl. The van der Waals surface area contributed by atoms with Crippen LogP contribution in [0.3, 0.4) is 0 Å². The van der Waals surface area contributed by atoms with Gasteiger partial charge < -0.3 is 9.73 Å². The molecular weight excluding hydrogens is 567 g/mol. The molecule has 0 saturated carbocycles. The number of thiophene rings is 1. The number of aromatic nitrogens is 2. The van der Waals surface area contributed by atoms with Gasteiger partial charge in [-0.3, -0.25) is 15.1 Å². The number of anilines is 1. The number of benzene rings is 2. The Labute approximate surface area is 215 Å². The first-order valence-corrected chi connectivity index (χ1v) is 12.2. The summed E-state index contributed by atoms with van der Waals surface area (Å²) in [5, 5.41) is 7.50. The number of rotatable bonds is 3. The van der Waals surface area contributed by atoms with E-state index >= 15 is 0 Å². The zero-order valence-electron chi connectivity index (χ0n) is 16.4. The van der Waals surface area contributed by atoms with Crippen LogP contribution in [0.4, 0.5) is 5.69 Å². The average molecular weight is 578 g/mol. The van der Waals surface area contributed by atoms with Crippen LogP contribution in [0.5, 0.6) is 0 Å². The number of hydrogen-bond acceptors (Lipinski definition) is 6. The van der Waals surface area contributed by atoms with Gasteiger partial charge in [-0.05, 0) is 64.5 Å². The Morgan fingerprint density at radius 1 is 1.12 bits per heavy atom. The third-order valence-corrected chi connectivity index (χ3v) is 7.15. The Morgan fingerprint density at radius 2 is 1.97 bits per heavy atom. The highest BCUT2D eigenvalue weighted by atomic mass is 79.9. The topological polar surface area (TPSA) is 80.0 Å². The van der Waals surface area contributed by atoms with E-state index in [0.29, 0.717) is 37.6 Å². The number of thiocarbonyl (C=S) groups is 1. The number of carbonyl (C=O) groups excluding carboxylic acids is 1. The lowest BCUT2D eigenvalue weighted by Crippen LogP contribution is -2.33. The van der Waals surface area contributed by atoms with Crippen molar-refractivity contribution in [2.24, 2.45) is 0 Å². The first kappa shape index (κ1) is 22.2. The highest BCUT2D eigenvalue weighted by Crippen LogP contribution is 2.36. The third kappa shape index (κ3) is 4.60. The van der Waals surface area contributed by atoms with E-state index in [9.17, 15) is 4.79 Å². The molecule has 0 fully saturated rings. The Hall–Kier alpha value is -2.56. The average Bonchev–Trinajstić information content (AvgIpc) is 3.34. The molecule has 0 aliphatic heterocycles. The fraction of sp³-hybridized carbons (Fsp3) is 0. The summed E-state index contributed by atoms with van der Waals surface area (Å²) in [4.78, 5) is 21.7. The van der Waals surface area contributed by atoms with Gasteiger partial charge in [0.05, 0.1) is 10.6 Å². The summed E-state index contributed by atoms with van der Waals surface area (Å²) < 4.78 is 7.47. The van der Waals surface area contributed by atoms with E-state index < -0.39 is 5.91 Å². The van der Waals surface area contributed by atoms with E-state index in [0.717, 1.165) is 20.1 Å². The minimum atomic E-state index is -0.401. The van der Waals surface area contributed by atoms with Crippen molar-refractivity contribution in [1.82, 2.24) is 15.3 Å². The summed E-state index contributed by atoms with van der Waals surface area (Å²) in [6, 6.07) is 12.5. The Bertz CT molecular complexity index is 1570. The Balaban J connectivity index is 1.33. The number of halogens is 3. The summed E-state index contributed by atoms with van der Waals surface area (Å²) in [5.74, 6) is 0.0492. The van der Waals surface area contributed by atoms with E-state index in [1.165, 1.54) is 11.3 Å². The van der Waals surface area contributed by atoms with Gasteiger partial charge in [-0.2, -0.15) is 0 Å². The Morgan fingerprint density at radius 3 is 2.79 bits per heavy atom. The van der Waals surface area contributed by atoms with E-state index in [1.54, 1.807) is 48.8 Å². The van der Waals surface area contributed by atoms with E-state index in [-0.39, 0.29) is 5.11 Å². The largest absolute Gasteiger partial charge is 0.436 e. The maximum atomic E-state index is 12.7. The smallest absolute Gasteiger partial charge is 0.269 e. The van der Waals surface area contributed by atoms with Crippen molar-refractivity contribution in [3.8, 4) is 11.5 Å². The van der Waals surface area contributed by atoms with Gasteiger partial charge in [0, 0.05) is 37.7 Å². The van der Waals surface area contributed by atoms with Crippen LogP contribution in [0.2, 0.25) is 10.0 Å². The fourth-order valence-corrected chi connectivity index (χ4v) is 5.43. The second-order valence-corrected chi connectivity index (χ2v) is 10.1. The highest BCUT2D eigenvalue weighted by Gasteiger charge is 2.18. The molecule has 3 aromatic heterocycles. The minimum absolute atomic E-state index is 0.130. The van der Waals surface area contributed by atoms with Crippen LogP contribution in [-0.4, -0.2) is 21.0 Å². The van der Waals surface area contributed by atoms with Crippen molar-refractivity contribution in [1.29, 1.82) is 0 Å². The molecule has 5 aromatic rings. The predicted octanol–water partition coefficient (Wildman–Crippen LogP) is 7.30. The van der Waals surface area contributed by atoms with Gasteiger partial charge in [0.15, 0.2) is 10.7 Å². The second-order valence-electron chi connectivity index (χ2n) is 6.89. The quantitative estimate of drug-likeness (QED) is 0.219. The van der Waals surface area contributed by atoms with Crippen LogP contribution < -0.4 is 10.6 Å². The number of nitrogens with one attached hydrogen (secondary N) is 2. The van der Waals surface area contributed by atoms with E-state index in [4.69, 9.17) is 39.8 Å². The molecule has 0 aliphatic carbocycles. The van der Waals surface area contributed by atoms with Gasteiger partial charge in [-0.15, -0.1) is 11.3 Å². The molecule has 164 valence electrons. The van der Waals surface area contributed by atoms with Gasteiger partial charge in [-0.25, -0.2) is 4.98 Å².